The topological polar surface area (TPSA) is 62.3 Å². The van der Waals surface area contributed by atoms with Crippen LogP contribution in [0.25, 0.3) is 0 Å². The molecule has 2 aromatic rings. The number of rotatable bonds is 5. The molecule has 1 N–H and O–H groups in total. The average molecular weight is 388 g/mol. The zero-order valence-electron chi connectivity index (χ0n) is 13.3. The van der Waals surface area contributed by atoms with E-state index in [2.05, 4.69) is 26.2 Å². The molecule has 24 heavy (non-hydrogen) atoms. The van der Waals surface area contributed by atoms with Gasteiger partial charge in [0, 0.05) is 42.1 Å². The van der Waals surface area contributed by atoms with E-state index in [9.17, 15) is 9.59 Å². The summed E-state index contributed by atoms with van der Waals surface area (Å²) in [4.78, 5) is 30.4. The Morgan fingerprint density at radius 3 is 2.50 bits per heavy atom. The molecule has 0 aliphatic heterocycles. The number of nitrogens with one attached hydrogen (secondary N) is 1. The fraction of sp³-hybridized carbons (Fsp3) is 0.278. The highest BCUT2D eigenvalue weighted by Gasteiger charge is 2.33. The average Bonchev–Trinajstić information content (AvgIpc) is 3.44. The Morgan fingerprint density at radius 1 is 1.21 bits per heavy atom. The van der Waals surface area contributed by atoms with E-state index in [0.717, 1.165) is 22.9 Å². The van der Waals surface area contributed by atoms with Crippen LogP contribution >= 0.6 is 15.9 Å². The first kappa shape index (κ1) is 16.6. The molecular formula is C18H18BrN3O2. The van der Waals surface area contributed by atoms with E-state index in [4.69, 9.17) is 0 Å². The van der Waals surface area contributed by atoms with Crippen molar-refractivity contribution in [2.75, 3.05) is 7.05 Å². The van der Waals surface area contributed by atoms with Crippen LogP contribution in [0, 0.1) is 0 Å². The number of hydrogen-bond donors (Lipinski definition) is 1. The molecule has 0 bridgehead atoms. The normalized spacial score (nSPS) is 13.4. The van der Waals surface area contributed by atoms with Crippen LogP contribution in [0.4, 0.5) is 0 Å². The van der Waals surface area contributed by atoms with E-state index in [1.54, 1.807) is 37.6 Å². The SMILES string of the molecule is CNC(=O)c1ccc(CN(C(=O)c2cncc(Br)c2)C2CC2)cc1. The third-order valence-corrected chi connectivity index (χ3v) is 4.43. The van der Waals surface area contributed by atoms with Gasteiger partial charge in [-0.05, 0) is 52.5 Å². The summed E-state index contributed by atoms with van der Waals surface area (Å²) < 4.78 is 0.791. The first-order valence-electron chi connectivity index (χ1n) is 7.81. The number of carbonyl (C=O) groups excluding carboxylic acids is 2. The summed E-state index contributed by atoms with van der Waals surface area (Å²) in [5, 5.41) is 2.60. The largest absolute Gasteiger partial charge is 0.355 e. The Balaban J connectivity index is 1.77. The molecule has 1 fully saturated rings. The lowest BCUT2D eigenvalue weighted by molar-refractivity contribution is 0.0729. The van der Waals surface area contributed by atoms with Crippen LogP contribution in [0.1, 0.15) is 39.1 Å². The minimum absolute atomic E-state index is 0.0123. The Morgan fingerprint density at radius 2 is 1.92 bits per heavy atom. The predicted octanol–water partition coefficient (Wildman–Crippen LogP) is 3.01. The number of nitrogens with zero attached hydrogens (tertiary/aromatic N) is 2. The van der Waals surface area contributed by atoms with Crippen molar-refractivity contribution in [1.82, 2.24) is 15.2 Å². The van der Waals surface area contributed by atoms with Gasteiger partial charge in [-0.15, -0.1) is 0 Å². The van der Waals surface area contributed by atoms with Crippen molar-refractivity contribution >= 4 is 27.7 Å². The quantitative estimate of drug-likeness (QED) is 0.857. The molecule has 0 saturated heterocycles. The summed E-state index contributed by atoms with van der Waals surface area (Å²) in [5.41, 5.74) is 2.20. The van der Waals surface area contributed by atoms with Crippen LogP contribution in [0.3, 0.4) is 0 Å². The van der Waals surface area contributed by atoms with E-state index in [-0.39, 0.29) is 17.9 Å². The lowest BCUT2D eigenvalue weighted by atomic mass is 10.1. The van der Waals surface area contributed by atoms with Gasteiger partial charge in [0.05, 0.1) is 5.56 Å². The summed E-state index contributed by atoms with van der Waals surface area (Å²) in [5.74, 6) is -0.126. The van der Waals surface area contributed by atoms with E-state index >= 15 is 0 Å². The van der Waals surface area contributed by atoms with Gasteiger partial charge in [0.15, 0.2) is 0 Å². The van der Waals surface area contributed by atoms with Crippen LogP contribution in [-0.2, 0) is 6.54 Å². The Hall–Kier alpha value is -2.21. The second kappa shape index (κ2) is 7.13. The van der Waals surface area contributed by atoms with E-state index < -0.39 is 0 Å². The Labute approximate surface area is 149 Å². The van der Waals surface area contributed by atoms with Crippen molar-refractivity contribution in [3.63, 3.8) is 0 Å². The molecule has 0 atom stereocenters. The Kier molecular flexibility index (Phi) is 4.94. The smallest absolute Gasteiger partial charge is 0.256 e. The lowest BCUT2D eigenvalue weighted by Gasteiger charge is -2.22. The summed E-state index contributed by atoms with van der Waals surface area (Å²) in [6, 6.07) is 9.43. The molecule has 3 rings (SSSR count). The second-order valence-electron chi connectivity index (χ2n) is 5.83. The maximum Gasteiger partial charge on any atom is 0.256 e. The number of carbonyl (C=O) groups is 2. The molecule has 6 heteroatoms. The fourth-order valence-electron chi connectivity index (χ4n) is 2.55. The monoisotopic (exact) mass is 387 g/mol. The molecule has 1 aliphatic rings. The Bertz CT molecular complexity index is 757. The second-order valence-corrected chi connectivity index (χ2v) is 6.75. The highest BCUT2D eigenvalue weighted by Crippen LogP contribution is 2.30. The molecule has 0 spiro atoms. The van der Waals surface area contributed by atoms with Gasteiger partial charge in [0.2, 0.25) is 0 Å². The number of benzene rings is 1. The summed E-state index contributed by atoms with van der Waals surface area (Å²) in [6.45, 7) is 0.532. The van der Waals surface area contributed by atoms with E-state index in [1.807, 2.05) is 17.0 Å². The van der Waals surface area contributed by atoms with Crippen molar-refractivity contribution < 1.29 is 9.59 Å². The van der Waals surface area contributed by atoms with Gasteiger partial charge in [-0.3, -0.25) is 14.6 Å². The lowest BCUT2D eigenvalue weighted by Crippen LogP contribution is -2.32. The zero-order valence-corrected chi connectivity index (χ0v) is 14.9. The van der Waals surface area contributed by atoms with Gasteiger partial charge in [-0.1, -0.05) is 12.1 Å². The molecular weight excluding hydrogens is 370 g/mol. The van der Waals surface area contributed by atoms with Gasteiger partial charge in [0.1, 0.15) is 0 Å². The standard InChI is InChI=1S/C18H18BrN3O2/c1-20-17(23)13-4-2-12(3-5-13)11-22(16-6-7-16)18(24)14-8-15(19)10-21-9-14/h2-5,8-10,16H,6-7,11H2,1H3,(H,20,23). The van der Waals surface area contributed by atoms with Crippen LogP contribution in [-0.4, -0.2) is 34.8 Å². The number of halogens is 1. The molecule has 1 heterocycles. The molecule has 2 amide bonds. The first-order chi connectivity index (χ1) is 11.6. The molecule has 0 unspecified atom stereocenters. The van der Waals surface area contributed by atoms with Crippen LogP contribution < -0.4 is 5.32 Å². The van der Waals surface area contributed by atoms with Gasteiger partial charge >= 0.3 is 0 Å². The summed E-state index contributed by atoms with van der Waals surface area (Å²) in [7, 11) is 1.61. The maximum atomic E-state index is 12.8. The summed E-state index contributed by atoms with van der Waals surface area (Å²) in [6.07, 6.45) is 5.32. The van der Waals surface area contributed by atoms with E-state index in [1.165, 1.54) is 0 Å². The predicted molar refractivity (Wildman–Crippen MR) is 94.7 cm³/mol. The van der Waals surface area contributed by atoms with Crippen molar-refractivity contribution in [2.24, 2.45) is 0 Å². The molecule has 1 aromatic heterocycles. The summed E-state index contributed by atoms with van der Waals surface area (Å²) >= 11 is 3.36. The van der Waals surface area contributed by atoms with Gasteiger partial charge in [-0.25, -0.2) is 0 Å². The van der Waals surface area contributed by atoms with Crippen molar-refractivity contribution in [1.29, 1.82) is 0 Å². The maximum absolute atomic E-state index is 12.8. The third kappa shape index (κ3) is 3.82. The molecule has 1 aliphatic carbocycles. The zero-order chi connectivity index (χ0) is 17.1. The molecule has 1 saturated carbocycles. The first-order valence-corrected chi connectivity index (χ1v) is 8.60. The van der Waals surface area contributed by atoms with Crippen LogP contribution in [0.15, 0.2) is 47.2 Å². The van der Waals surface area contributed by atoms with Gasteiger partial charge < -0.3 is 10.2 Å². The molecule has 124 valence electrons. The van der Waals surface area contributed by atoms with Crippen molar-refractivity contribution in [3.8, 4) is 0 Å². The van der Waals surface area contributed by atoms with Crippen molar-refractivity contribution in [2.45, 2.75) is 25.4 Å². The fourth-order valence-corrected chi connectivity index (χ4v) is 2.91. The van der Waals surface area contributed by atoms with Crippen molar-refractivity contribution in [3.05, 3.63) is 63.9 Å². The highest BCUT2D eigenvalue weighted by atomic mass is 79.9. The molecule has 0 radical (unpaired) electrons. The number of pyridine rings is 1. The van der Waals surface area contributed by atoms with Gasteiger partial charge in [-0.2, -0.15) is 0 Å². The number of aromatic nitrogens is 1. The number of hydrogen-bond acceptors (Lipinski definition) is 3. The van der Waals surface area contributed by atoms with Gasteiger partial charge in [0.25, 0.3) is 11.8 Å². The van der Waals surface area contributed by atoms with Crippen LogP contribution in [0.2, 0.25) is 0 Å². The minimum Gasteiger partial charge on any atom is -0.355 e. The third-order valence-electron chi connectivity index (χ3n) is 4.00. The van der Waals surface area contributed by atoms with E-state index in [0.29, 0.717) is 17.7 Å². The number of amides is 2. The van der Waals surface area contributed by atoms with Crippen LogP contribution in [0.5, 0.6) is 0 Å². The highest BCUT2D eigenvalue weighted by molar-refractivity contribution is 9.10. The minimum atomic E-state index is -0.114. The molecule has 1 aromatic carbocycles. The molecule has 5 nitrogen and oxygen atoms in total.